The lowest BCUT2D eigenvalue weighted by atomic mass is 10.1. The molecule has 7 nitrogen and oxygen atoms in total. The van der Waals surface area contributed by atoms with Gasteiger partial charge in [0.1, 0.15) is 17.6 Å². The quantitative estimate of drug-likeness (QED) is 0.666. The number of aromatic nitrogens is 2. The van der Waals surface area contributed by atoms with Crippen molar-refractivity contribution in [3.05, 3.63) is 70.8 Å². The van der Waals surface area contributed by atoms with Crippen LogP contribution in [0.5, 0.6) is 0 Å². The number of amides is 1. The molecular weight excluding hydrogens is 399 g/mol. The van der Waals surface area contributed by atoms with Gasteiger partial charge in [-0.15, -0.1) is 0 Å². The second-order valence-electron chi connectivity index (χ2n) is 6.51. The Hall–Kier alpha value is -3.26. The summed E-state index contributed by atoms with van der Waals surface area (Å²) in [4.78, 5) is 21.9. The minimum absolute atomic E-state index is 0.290. The molecule has 1 unspecified atom stereocenters. The average Bonchev–Trinajstić information content (AvgIpc) is 3.37. The van der Waals surface area contributed by atoms with Crippen molar-refractivity contribution in [3.63, 3.8) is 0 Å². The van der Waals surface area contributed by atoms with E-state index in [0.717, 1.165) is 5.56 Å². The molecule has 0 saturated heterocycles. The van der Waals surface area contributed by atoms with E-state index in [4.69, 9.17) is 21.0 Å². The summed E-state index contributed by atoms with van der Waals surface area (Å²) in [6.07, 6.45) is 0.307. The van der Waals surface area contributed by atoms with E-state index in [2.05, 4.69) is 20.6 Å². The minimum Gasteiger partial charge on any atom is -0.391 e. The molecule has 148 valence electrons. The Balaban J connectivity index is 1.29. The highest BCUT2D eigenvalue weighted by molar-refractivity contribution is 6.39. The Kier molecular flexibility index (Phi) is 5.53. The molecule has 1 aromatic heterocycles. The van der Waals surface area contributed by atoms with Crippen LogP contribution in [-0.2, 0) is 22.6 Å². The lowest BCUT2D eigenvalue weighted by Crippen LogP contribution is -2.30. The molecule has 1 N–H and O–H groups in total. The Bertz CT molecular complexity index is 1050. The van der Waals surface area contributed by atoms with E-state index in [1.54, 1.807) is 24.3 Å². The van der Waals surface area contributed by atoms with Crippen molar-refractivity contribution < 1.29 is 18.5 Å². The van der Waals surface area contributed by atoms with Crippen molar-refractivity contribution in [3.8, 4) is 11.5 Å². The zero-order valence-electron chi connectivity index (χ0n) is 15.1. The topological polar surface area (TPSA) is 89.6 Å². The second kappa shape index (κ2) is 8.40. The van der Waals surface area contributed by atoms with Crippen LogP contribution >= 0.6 is 11.6 Å². The van der Waals surface area contributed by atoms with E-state index in [0.29, 0.717) is 47.4 Å². The molecule has 1 atom stereocenters. The molecule has 29 heavy (non-hydrogen) atoms. The highest BCUT2D eigenvalue weighted by atomic mass is 35.5. The fourth-order valence-corrected chi connectivity index (χ4v) is 3.07. The summed E-state index contributed by atoms with van der Waals surface area (Å²) < 4.78 is 18.2. The van der Waals surface area contributed by atoms with Gasteiger partial charge in [0.05, 0.1) is 6.42 Å². The summed E-state index contributed by atoms with van der Waals surface area (Å²) in [6, 6.07) is 13.0. The second-order valence-corrected chi connectivity index (χ2v) is 6.95. The molecule has 0 radical (unpaired) electrons. The first-order valence-electron chi connectivity index (χ1n) is 8.90. The van der Waals surface area contributed by atoms with Gasteiger partial charge in [-0.2, -0.15) is 4.98 Å². The first-order valence-corrected chi connectivity index (χ1v) is 9.28. The maximum Gasteiger partial charge on any atom is 0.269 e. The highest BCUT2D eigenvalue weighted by Gasteiger charge is 2.27. The number of carbonyl (C=O) groups is 1. The van der Waals surface area contributed by atoms with Crippen LogP contribution < -0.4 is 5.32 Å². The fourth-order valence-electron chi connectivity index (χ4n) is 2.85. The van der Waals surface area contributed by atoms with Gasteiger partial charge in [-0.3, -0.25) is 4.79 Å². The van der Waals surface area contributed by atoms with Crippen molar-refractivity contribution in [2.45, 2.75) is 25.5 Å². The summed E-state index contributed by atoms with van der Waals surface area (Å²) in [7, 11) is 0. The summed E-state index contributed by atoms with van der Waals surface area (Å²) in [5.41, 5.74) is 1.82. The predicted molar refractivity (Wildman–Crippen MR) is 104 cm³/mol. The van der Waals surface area contributed by atoms with Gasteiger partial charge in [0, 0.05) is 23.6 Å². The summed E-state index contributed by atoms with van der Waals surface area (Å²) in [5, 5.41) is 11.2. The normalized spacial score (nSPS) is 15.7. The third-order valence-corrected chi connectivity index (χ3v) is 4.54. The molecule has 0 aliphatic carbocycles. The molecule has 2 aromatic carbocycles. The third kappa shape index (κ3) is 4.78. The molecule has 0 saturated carbocycles. The summed E-state index contributed by atoms with van der Waals surface area (Å²) in [6.45, 7) is 0.342. The van der Waals surface area contributed by atoms with Crippen LogP contribution in [0.3, 0.4) is 0 Å². The molecular formula is C20H16ClFN4O3. The van der Waals surface area contributed by atoms with Gasteiger partial charge < -0.3 is 14.7 Å². The largest absolute Gasteiger partial charge is 0.391 e. The summed E-state index contributed by atoms with van der Waals surface area (Å²) >= 11 is 5.94. The highest BCUT2D eigenvalue weighted by Crippen LogP contribution is 2.20. The average molecular weight is 415 g/mol. The van der Waals surface area contributed by atoms with Crippen molar-refractivity contribution in [1.82, 2.24) is 15.5 Å². The maximum absolute atomic E-state index is 13.0. The Labute approximate surface area is 170 Å². The maximum atomic E-state index is 13.0. The Morgan fingerprint density at radius 1 is 1.24 bits per heavy atom. The predicted octanol–water partition coefficient (Wildman–Crippen LogP) is 3.53. The van der Waals surface area contributed by atoms with Crippen molar-refractivity contribution >= 4 is 23.2 Å². The first kappa shape index (κ1) is 19.1. The smallest absolute Gasteiger partial charge is 0.269 e. The van der Waals surface area contributed by atoms with Crippen LogP contribution in [0.2, 0.25) is 5.02 Å². The summed E-state index contributed by atoms with van der Waals surface area (Å²) in [5.74, 6) is 0.0715. The van der Waals surface area contributed by atoms with Crippen LogP contribution in [0.1, 0.15) is 17.8 Å². The van der Waals surface area contributed by atoms with Gasteiger partial charge in [0.2, 0.25) is 0 Å². The zero-order chi connectivity index (χ0) is 20.2. The van der Waals surface area contributed by atoms with Crippen molar-refractivity contribution in [2.24, 2.45) is 5.16 Å². The van der Waals surface area contributed by atoms with Crippen LogP contribution in [0.4, 0.5) is 4.39 Å². The molecule has 1 amide bonds. The zero-order valence-corrected chi connectivity index (χ0v) is 15.9. The standard InChI is InChI=1S/C20H16ClFN4O3/c21-14-3-1-2-12(8-14)11-23-19(27)17-9-16(28-25-17)10-18-24-20(29-26-18)13-4-6-15(22)7-5-13/h1-8,16H,9-11H2,(H,23,27). The van der Waals surface area contributed by atoms with Crippen molar-refractivity contribution in [2.75, 3.05) is 0 Å². The molecule has 0 fully saturated rings. The van der Waals surface area contributed by atoms with Gasteiger partial charge >= 0.3 is 0 Å². The number of nitrogens with one attached hydrogen (secondary N) is 1. The molecule has 4 rings (SSSR count). The van der Waals surface area contributed by atoms with Gasteiger partial charge in [0.15, 0.2) is 5.82 Å². The molecule has 1 aliphatic heterocycles. The minimum atomic E-state index is -0.361. The lowest BCUT2D eigenvalue weighted by Gasteiger charge is -2.05. The number of carbonyl (C=O) groups excluding carboxylic acids is 1. The SMILES string of the molecule is O=C(NCc1cccc(Cl)c1)C1=NOC(Cc2noc(-c3ccc(F)cc3)n2)C1. The Morgan fingerprint density at radius 2 is 2.07 bits per heavy atom. The number of nitrogens with zero attached hydrogens (tertiary/aromatic N) is 3. The number of hydrogen-bond acceptors (Lipinski definition) is 6. The number of benzene rings is 2. The molecule has 9 heteroatoms. The third-order valence-electron chi connectivity index (χ3n) is 4.31. The van der Waals surface area contributed by atoms with Crippen LogP contribution in [0.25, 0.3) is 11.5 Å². The number of rotatable bonds is 6. The molecule has 2 heterocycles. The van der Waals surface area contributed by atoms with E-state index in [9.17, 15) is 9.18 Å². The van der Waals surface area contributed by atoms with Gasteiger partial charge in [-0.25, -0.2) is 4.39 Å². The lowest BCUT2D eigenvalue weighted by molar-refractivity contribution is -0.115. The van der Waals surface area contributed by atoms with Crippen LogP contribution in [0.15, 0.2) is 58.2 Å². The number of halogens is 2. The van der Waals surface area contributed by atoms with E-state index >= 15 is 0 Å². The number of hydrogen-bond donors (Lipinski definition) is 1. The van der Waals surface area contributed by atoms with Gasteiger partial charge in [-0.05, 0) is 42.0 Å². The molecule has 3 aromatic rings. The van der Waals surface area contributed by atoms with E-state index < -0.39 is 0 Å². The fraction of sp³-hybridized carbons (Fsp3) is 0.200. The van der Waals surface area contributed by atoms with E-state index in [1.807, 2.05) is 12.1 Å². The Morgan fingerprint density at radius 3 is 2.86 bits per heavy atom. The molecule has 0 bridgehead atoms. The van der Waals surface area contributed by atoms with E-state index in [1.165, 1.54) is 12.1 Å². The first-order chi connectivity index (χ1) is 14.1. The number of oxime groups is 1. The monoisotopic (exact) mass is 414 g/mol. The van der Waals surface area contributed by atoms with Crippen LogP contribution in [-0.4, -0.2) is 27.9 Å². The van der Waals surface area contributed by atoms with Gasteiger partial charge in [-0.1, -0.05) is 34.0 Å². The molecule has 1 aliphatic rings. The van der Waals surface area contributed by atoms with Gasteiger partial charge in [0.25, 0.3) is 11.8 Å². The molecule has 0 spiro atoms. The van der Waals surface area contributed by atoms with Crippen molar-refractivity contribution in [1.29, 1.82) is 0 Å². The van der Waals surface area contributed by atoms with Crippen LogP contribution in [0, 0.1) is 5.82 Å². The van der Waals surface area contributed by atoms with E-state index in [-0.39, 0.29) is 17.8 Å².